The predicted molar refractivity (Wildman–Crippen MR) is 87.9 cm³/mol. The van der Waals surface area contributed by atoms with Crippen LogP contribution in [-0.2, 0) is 0 Å². The molecule has 0 spiro atoms. The summed E-state index contributed by atoms with van der Waals surface area (Å²) in [5.41, 5.74) is 2.53. The van der Waals surface area contributed by atoms with E-state index in [0.29, 0.717) is 5.56 Å². The van der Waals surface area contributed by atoms with Gasteiger partial charge in [0, 0.05) is 27.3 Å². The van der Waals surface area contributed by atoms with E-state index in [9.17, 15) is 4.39 Å². The van der Waals surface area contributed by atoms with Crippen molar-refractivity contribution in [2.24, 2.45) is 0 Å². The fourth-order valence-corrected chi connectivity index (χ4v) is 2.72. The first-order valence-corrected chi connectivity index (χ1v) is 7.49. The SMILES string of the molecule is CC(Nc1ccc2ncccc2c1)c1cc(Br)ccc1F. The summed E-state index contributed by atoms with van der Waals surface area (Å²) in [4.78, 5) is 4.29. The van der Waals surface area contributed by atoms with Gasteiger partial charge in [0.1, 0.15) is 5.82 Å². The second kappa shape index (κ2) is 5.82. The molecule has 1 aromatic heterocycles. The lowest BCUT2D eigenvalue weighted by Gasteiger charge is -2.17. The van der Waals surface area contributed by atoms with Crippen LogP contribution in [0.2, 0.25) is 0 Å². The maximum Gasteiger partial charge on any atom is 0.128 e. The highest BCUT2D eigenvalue weighted by molar-refractivity contribution is 9.10. The van der Waals surface area contributed by atoms with E-state index in [-0.39, 0.29) is 11.9 Å². The van der Waals surface area contributed by atoms with Gasteiger partial charge in [0.2, 0.25) is 0 Å². The molecule has 0 bridgehead atoms. The first kappa shape index (κ1) is 14.0. The molecule has 0 fully saturated rings. The number of halogens is 2. The molecule has 0 aliphatic carbocycles. The van der Waals surface area contributed by atoms with Gasteiger partial charge in [-0.2, -0.15) is 0 Å². The number of fused-ring (bicyclic) bond motifs is 1. The first-order valence-electron chi connectivity index (χ1n) is 6.70. The van der Waals surface area contributed by atoms with E-state index in [0.717, 1.165) is 21.1 Å². The third-order valence-electron chi connectivity index (χ3n) is 3.41. The molecule has 3 rings (SSSR count). The Kier molecular flexibility index (Phi) is 3.88. The summed E-state index contributed by atoms with van der Waals surface area (Å²) in [6, 6.07) is 14.7. The Hall–Kier alpha value is -1.94. The number of nitrogens with zero attached hydrogens (tertiary/aromatic N) is 1. The summed E-state index contributed by atoms with van der Waals surface area (Å²) >= 11 is 3.38. The van der Waals surface area contributed by atoms with E-state index in [4.69, 9.17) is 0 Å². The second-order valence-electron chi connectivity index (χ2n) is 4.94. The van der Waals surface area contributed by atoms with Crippen LogP contribution >= 0.6 is 15.9 Å². The molecule has 106 valence electrons. The largest absolute Gasteiger partial charge is 0.378 e. The molecule has 1 heterocycles. The molecule has 21 heavy (non-hydrogen) atoms. The van der Waals surface area contributed by atoms with Crippen molar-refractivity contribution in [3.8, 4) is 0 Å². The normalized spacial score (nSPS) is 12.3. The van der Waals surface area contributed by atoms with Crippen LogP contribution < -0.4 is 5.32 Å². The Labute approximate surface area is 131 Å². The van der Waals surface area contributed by atoms with Gasteiger partial charge in [0.25, 0.3) is 0 Å². The smallest absolute Gasteiger partial charge is 0.128 e. The number of benzene rings is 2. The van der Waals surface area contributed by atoms with Crippen LogP contribution in [0.25, 0.3) is 10.9 Å². The molecule has 0 aliphatic rings. The Balaban J connectivity index is 1.88. The van der Waals surface area contributed by atoms with Crippen molar-refractivity contribution in [2.45, 2.75) is 13.0 Å². The fraction of sp³-hybridized carbons (Fsp3) is 0.118. The Morgan fingerprint density at radius 1 is 1.14 bits per heavy atom. The molecule has 0 saturated carbocycles. The predicted octanol–water partition coefficient (Wildman–Crippen LogP) is 5.31. The van der Waals surface area contributed by atoms with Crippen LogP contribution in [0.4, 0.5) is 10.1 Å². The zero-order valence-electron chi connectivity index (χ0n) is 11.5. The van der Waals surface area contributed by atoms with Crippen LogP contribution in [0.3, 0.4) is 0 Å². The third kappa shape index (κ3) is 3.05. The highest BCUT2D eigenvalue weighted by Gasteiger charge is 2.11. The molecule has 0 amide bonds. The van der Waals surface area contributed by atoms with Gasteiger partial charge in [-0.15, -0.1) is 0 Å². The minimum absolute atomic E-state index is 0.128. The number of anilines is 1. The minimum atomic E-state index is -0.208. The highest BCUT2D eigenvalue weighted by atomic mass is 79.9. The van der Waals surface area contributed by atoms with E-state index in [1.807, 2.05) is 37.3 Å². The second-order valence-corrected chi connectivity index (χ2v) is 5.86. The number of nitrogens with one attached hydrogen (secondary N) is 1. The van der Waals surface area contributed by atoms with Crippen molar-refractivity contribution in [2.75, 3.05) is 5.32 Å². The molecule has 1 atom stereocenters. The van der Waals surface area contributed by atoms with Crippen molar-refractivity contribution < 1.29 is 4.39 Å². The lowest BCUT2D eigenvalue weighted by atomic mass is 10.1. The zero-order valence-corrected chi connectivity index (χ0v) is 13.1. The van der Waals surface area contributed by atoms with Gasteiger partial charge in [0.15, 0.2) is 0 Å². The van der Waals surface area contributed by atoms with Crippen molar-refractivity contribution in [1.82, 2.24) is 4.98 Å². The van der Waals surface area contributed by atoms with Crippen LogP contribution in [0, 0.1) is 5.82 Å². The molecular formula is C17H14BrFN2. The molecule has 2 nitrogen and oxygen atoms in total. The summed E-state index contributed by atoms with van der Waals surface area (Å²) in [7, 11) is 0. The van der Waals surface area contributed by atoms with E-state index in [1.165, 1.54) is 6.07 Å². The molecule has 3 aromatic rings. The number of rotatable bonds is 3. The van der Waals surface area contributed by atoms with Gasteiger partial charge < -0.3 is 5.32 Å². The lowest BCUT2D eigenvalue weighted by Crippen LogP contribution is -2.08. The summed E-state index contributed by atoms with van der Waals surface area (Å²) in [6.45, 7) is 1.94. The van der Waals surface area contributed by atoms with Gasteiger partial charge in [-0.3, -0.25) is 4.98 Å². The number of hydrogen-bond acceptors (Lipinski definition) is 2. The van der Waals surface area contributed by atoms with E-state index in [2.05, 4.69) is 26.2 Å². The molecule has 0 saturated heterocycles. The number of pyridine rings is 1. The van der Waals surface area contributed by atoms with Crippen LogP contribution in [0.5, 0.6) is 0 Å². The minimum Gasteiger partial charge on any atom is -0.378 e. The standard InChI is InChI=1S/C17H14BrFN2/c1-11(15-10-13(18)4-6-16(15)19)21-14-5-7-17-12(9-14)3-2-8-20-17/h2-11,21H,1H3. The quantitative estimate of drug-likeness (QED) is 0.696. The molecule has 0 radical (unpaired) electrons. The molecular weight excluding hydrogens is 331 g/mol. The molecule has 1 unspecified atom stereocenters. The maximum absolute atomic E-state index is 13.9. The molecule has 4 heteroatoms. The van der Waals surface area contributed by atoms with Gasteiger partial charge in [-0.1, -0.05) is 22.0 Å². The summed E-state index contributed by atoms with van der Waals surface area (Å²) in [5.74, 6) is -0.208. The average Bonchev–Trinajstić information content (AvgIpc) is 2.49. The Morgan fingerprint density at radius 3 is 2.86 bits per heavy atom. The van der Waals surface area contributed by atoms with Gasteiger partial charge in [0.05, 0.1) is 11.6 Å². The average molecular weight is 345 g/mol. The van der Waals surface area contributed by atoms with Crippen molar-refractivity contribution in [1.29, 1.82) is 0 Å². The molecule has 1 N–H and O–H groups in total. The Morgan fingerprint density at radius 2 is 2.00 bits per heavy atom. The Bertz CT molecular complexity index is 789. The van der Waals surface area contributed by atoms with E-state index >= 15 is 0 Å². The zero-order chi connectivity index (χ0) is 14.8. The summed E-state index contributed by atoms with van der Waals surface area (Å²) < 4.78 is 14.8. The van der Waals surface area contributed by atoms with Crippen molar-refractivity contribution >= 4 is 32.5 Å². The lowest BCUT2D eigenvalue weighted by molar-refractivity contribution is 0.600. The maximum atomic E-state index is 13.9. The van der Waals surface area contributed by atoms with E-state index < -0.39 is 0 Å². The fourth-order valence-electron chi connectivity index (χ4n) is 2.34. The molecule has 2 aromatic carbocycles. The molecule has 0 aliphatic heterocycles. The van der Waals surface area contributed by atoms with Gasteiger partial charge in [-0.05, 0) is 49.4 Å². The van der Waals surface area contributed by atoms with Gasteiger partial charge >= 0.3 is 0 Å². The number of aromatic nitrogens is 1. The topological polar surface area (TPSA) is 24.9 Å². The third-order valence-corrected chi connectivity index (χ3v) is 3.90. The van der Waals surface area contributed by atoms with E-state index in [1.54, 1.807) is 18.3 Å². The highest BCUT2D eigenvalue weighted by Crippen LogP contribution is 2.26. The van der Waals surface area contributed by atoms with Gasteiger partial charge in [-0.25, -0.2) is 4.39 Å². The van der Waals surface area contributed by atoms with Crippen LogP contribution in [0.1, 0.15) is 18.5 Å². The number of hydrogen-bond donors (Lipinski definition) is 1. The van der Waals surface area contributed by atoms with Crippen molar-refractivity contribution in [3.63, 3.8) is 0 Å². The van der Waals surface area contributed by atoms with Crippen LogP contribution in [-0.4, -0.2) is 4.98 Å². The summed E-state index contributed by atoms with van der Waals surface area (Å²) in [5, 5.41) is 4.39. The summed E-state index contributed by atoms with van der Waals surface area (Å²) in [6.07, 6.45) is 1.77. The van der Waals surface area contributed by atoms with Crippen molar-refractivity contribution in [3.05, 3.63) is 70.6 Å². The first-order chi connectivity index (χ1) is 10.1. The van der Waals surface area contributed by atoms with Crippen LogP contribution in [0.15, 0.2) is 59.2 Å². The monoisotopic (exact) mass is 344 g/mol.